The number of nitrogens with zero attached hydrogens (tertiary/aromatic N) is 3. The van der Waals surface area contributed by atoms with Crippen molar-refractivity contribution in [3.63, 3.8) is 0 Å². The van der Waals surface area contributed by atoms with Gasteiger partial charge in [0.1, 0.15) is 11.8 Å². The van der Waals surface area contributed by atoms with Gasteiger partial charge in [-0.1, -0.05) is 6.92 Å². The maximum absolute atomic E-state index is 5.75. The summed E-state index contributed by atoms with van der Waals surface area (Å²) in [5.41, 5.74) is 8.99. The molecule has 0 radical (unpaired) electrons. The van der Waals surface area contributed by atoms with Crippen molar-refractivity contribution in [2.24, 2.45) is 0 Å². The Morgan fingerprint density at radius 3 is 3.00 bits per heavy atom. The zero-order valence-electron chi connectivity index (χ0n) is 7.78. The van der Waals surface area contributed by atoms with Gasteiger partial charge in [-0.15, -0.1) is 0 Å². The van der Waals surface area contributed by atoms with E-state index in [1.807, 2.05) is 11.4 Å². The molecule has 0 amide bonds. The predicted octanol–water partition coefficient (Wildman–Crippen LogP) is 1.18. The smallest absolute Gasteiger partial charge is 0.151 e. The van der Waals surface area contributed by atoms with E-state index in [1.165, 1.54) is 12.0 Å². The molecular formula is C9H12N4. The lowest BCUT2D eigenvalue weighted by Crippen LogP contribution is -2.01. The van der Waals surface area contributed by atoms with Crippen LogP contribution in [0.2, 0.25) is 0 Å². The third-order valence-electron chi connectivity index (χ3n) is 2.21. The van der Waals surface area contributed by atoms with Crippen LogP contribution in [0.4, 0.5) is 5.82 Å². The molecule has 0 spiro atoms. The fraction of sp³-hybridized carbons (Fsp3) is 0.333. The highest BCUT2D eigenvalue weighted by atomic mass is 15.3. The topological polar surface area (TPSA) is 56.2 Å². The molecule has 4 heteroatoms. The van der Waals surface area contributed by atoms with Crippen LogP contribution in [0, 0.1) is 6.92 Å². The number of nitrogens with two attached hydrogens (primary N) is 1. The second-order valence-electron chi connectivity index (χ2n) is 3.08. The van der Waals surface area contributed by atoms with E-state index in [0.717, 1.165) is 17.5 Å². The number of nitrogen functional groups attached to an aromatic ring is 1. The third-order valence-corrected chi connectivity index (χ3v) is 2.21. The fourth-order valence-corrected chi connectivity index (χ4v) is 1.59. The fourth-order valence-electron chi connectivity index (χ4n) is 1.59. The van der Waals surface area contributed by atoms with Crippen LogP contribution in [-0.2, 0) is 6.42 Å². The van der Waals surface area contributed by atoms with Gasteiger partial charge in [0.15, 0.2) is 5.82 Å². The largest absolute Gasteiger partial charge is 0.382 e. The monoisotopic (exact) mass is 176 g/mol. The Hall–Kier alpha value is -1.58. The lowest BCUT2D eigenvalue weighted by Gasteiger charge is -1.99. The van der Waals surface area contributed by atoms with Crippen molar-refractivity contribution in [2.45, 2.75) is 20.3 Å². The van der Waals surface area contributed by atoms with Gasteiger partial charge in [0.2, 0.25) is 0 Å². The van der Waals surface area contributed by atoms with E-state index in [4.69, 9.17) is 5.73 Å². The highest BCUT2D eigenvalue weighted by molar-refractivity contribution is 5.70. The Bertz CT molecular complexity index is 444. The summed E-state index contributed by atoms with van der Waals surface area (Å²) in [5, 5.41) is 4.16. The van der Waals surface area contributed by atoms with Crippen molar-refractivity contribution >= 4 is 11.3 Å². The maximum atomic E-state index is 5.75. The van der Waals surface area contributed by atoms with E-state index in [2.05, 4.69) is 23.1 Å². The number of hydrogen-bond donors (Lipinski definition) is 1. The molecule has 0 fully saturated rings. The van der Waals surface area contributed by atoms with Gasteiger partial charge in [-0.2, -0.15) is 5.10 Å². The first kappa shape index (κ1) is 8.04. The molecule has 2 heterocycles. The van der Waals surface area contributed by atoms with Gasteiger partial charge in [-0.05, 0) is 25.0 Å². The Morgan fingerprint density at radius 2 is 2.31 bits per heavy atom. The molecule has 0 saturated carbocycles. The lowest BCUT2D eigenvalue weighted by atomic mass is 10.3. The Labute approximate surface area is 76.4 Å². The van der Waals surface area contributed by atoms with E-state index in [9.17, 15) is 0 Å². The zero-order valence-corrected chi connectivity index (χ0v) is 7.78. The maximum Gasteiger partial charge on any atom is 0.151 e. The van der Waals surface area contributed by atoms with Crippen molar-refractivity contribution in [2.75, 3.05) is 5.73 Å². The third kappa shape index (κ3) is 1.06. The first-order valence-electron chi connectivity index (χ1n) is 4.31. The number of aromatic nitrogens is 3. The van der Waals surface area contributed by atoms with Crippen LogP contribution in [0.25, 0.3) is 5.52 Å². The van der Waals surface area contributed by atoms with Crippen molar-refractivity contribution < 1.29 is 0 Å². The molecule has 2 rings (SSSR count). The van der Waals surface area contributed by atoms with Gasteiger partial charge < -0.3 is 5.73 Å². The summed E-state index contributed by atoms with van der Waals surface area (Å²) in [7, 11) is 0. The van der Waals surface area contributed by atoms with E-state index < -0.39 is 0 Å². The molecule has 0 atom stereocenters. The Morgan fingerprint density at radius 1 is 1.54 bits per heavy atom. The molecule has 0 aliphatic heterocycles. The number of anilines is 1. The first-order chi connectivity index (χ1) is 6.24. The lowest BCUT2D eigenvalue weighted by molar-refractivity contribution is 0.840. The second kappa shape index (κ2) is 2.73. The summed E-state index contributed by atoms with van der Waals surface area (Å²) in [5.74, 6) is 0.548. The quantitative estimate of drug-likeness (QED) is 0.709. The Kier molecular flexibility index (Phi) is 1.69. The summed E-state index contributed by atoms with van der Waals surface area (Å²) >= 11 is 0. The minimum Gasteiger partial charge on any atom is -0.382 e. The van der Waals surface area contributed by atoms with Gasteiger partial charge in [0.25, 0.3) is 0 Å². The van der Waals surface area contributed by atoms with Gasteiger partial charge in [0, 0.05) is 5.69 Å². The van der Waals surface area contributed by atoms with E-state index in [0.29, 0.717) is 5.82 Å². The second-order valence-corrected chi connectivity index (χ2v) is 3.08. The standard InChI is InChI=1S/C9H12N4/c1-3-7-4-6(2)8-9(10)11-5-12-13(7)8/h4-5H,3H2,1-2H3,(H2,10,11,12). The zero-order chi connectivity index (χ0) is 9.42. The van der Waals surface area contributed by atoms with E-state index in [1.54, 1.807) is 0 Å². The minimum atomic E-state index is 0.548. The van der Waals surface area contributed by atoms with Crippen molar-refractivity contribution in [3.05, 3.63) is 23.7 Å². The minimum absolute atomic E-state index is 0.548. The van der Waals surface area contributed by atoms with Crippen LogP contribution in [0.1, 0.15) is 18.2 Å². The molecule has 13 heavy (non-hydrogen) atoms. The molecule has 0 aliphatic rings. The van der Waals surface area contributed by atoms with E-state index >= 15 is 0 Å². The van der Waals surface area contributed by atoms with Crippen LogP contribution in [0.15, 0.2) is 12.4 Å². The number of rotatable bonds is 1. The molecule has 0 unspecified atom stereocenters. The van der Waals surface area contributed by atoms with Crippen LogP contribution >= 0.6 is 0 Å². The molecule has 0 aromatic carbocycles. The van der Waals surface area contributed by atoms with Crippen LogP contribution in [0.3, 0.4) is 0 Å². The molecule has 2 aromatic heterocycles. The van der Waals surface area contributed by atoms with Crippen molar-refractivity contribution in [1.29, 1.82) is 0 Å². The van der Waals surface area contributed by atoms with Gasteiger partial charge in [-0.25, -0.2) is 9.50 Å². The van der Waals surface area contributed by atoms with Gasteiger partial charge in [-0.3, -0.25) is 0 Å². The normalized spacial score (nSPS) is 10.9. The van der Waals surface area contributed by atoms with Gasteiger partial charge >= 0.3 is 0 Å². The number of fused-ring (bicyclic) bond motifs is 1. The summed E-state index contributed by atoms with van der Waals surface area (Å²) in [6.45, 7) is 4.12. The summed E-state index contributed by atoms with van der Waals surface area (Å²) in [6.07, 6.45) is 2.44. The van der Waals surface area contributed by atoms with Gasteiger partial charge in [0.05, 0.1) is 0 Å². The van der Waals surface area contributed by atoms with Crippen LogP contribution < -0.4 is 5.73 Å². The molecule has 68 valence electrons. The molecule has 0 aliphatic carbocycles. The average molecular weight is 176 g/mol. The first-order valence-corrected chi connectivity index (χ1v) is 4.31. The van der Waals surface area contributed by atoms with Crippen molar-refractivity contribution in [3.8, 4) is 0 Å². The Balaban J connectivity index is 2.87. The highest BCUT2D eigenvalue weighted by Gasteiger charge is 2.08. The number of hydrogen-bond acceptors (Lipinski definition) is 3. The summed E-state index contributed by atoms with van der Waals surface area (Å²) in [4.78, 5) is 3.96. The van der Waals surface area contributed by atoms with E-state index in [-0.39, 0.29) is 0 Å². The van der Waals surface area contributed by atoms with Crippen LogP contribution in [-0.4, -0.2) is 14.6 Å². The SMILES string of the molecule is CCc1cc(C)c2c(N)ncnn12. The summed E-state index contributed by atoms with van der Waals surface area (Å²) < 4.78 is 1.86. The molecular weight excluding hydrogens is 164 g/mol. The summed E-state index contributed by atoms with van der Waals surface area (Å²) in [6, 6.07) is 2.10. The molecule has 0 saturated heterocycles. The molecule has 0 bridgehead atoms. The predicted molar refractivity (Wildman–Crippen MR) is 51.5 cm³/mol. The molecule has 2 N–H and O–H groups in total. The van der Waals surface area contributed by atoms with Crippen LogP contribution in [0.5, 0.6) is 0 Å². The average Bonchev–Trinajstić information content (AvgIpc) is 2.44. The highest BCUT2D eigenvalue weighted by Crippen LogP contribution is 2.18. The molecule has 2 aromatic rings. The van der Waals surface area contributed by atoms with Crippen molar-refractivity contribution in [1.82, 2.24) is 14.6 Å². The number of aryl methyl sites for hydroxylation is 2. The molecule has 4 nitrogen and oxygen atoms in total.